The Labute approximate surface area is 130 Å². The molecule has 0 aliphatic carbocycles. The highest BCUT2D eigenvalue weighted by Crippen LogP contribution is 2.25. The second-order valence-electron chi connectivity index (χ2n) is 4.46. The summed E-state index contributed by atoms with van der Waals surface area (Å²) in [6.07, 6.45) is 0. The highest BCUT2D eigenvalue weighted by molar-refractivity contribution is 9.10. The normalized spacial score (nSPS) is 10.3. The van der Waals surface area contributed by atoms with Crippen LogP contribution in [0.2, 0.25) is 5.02 Å². The highest BCUT2D eigenvalue weighted by atomic mass is 79.9. The Balaban J connectivity index is 2.19. The third kappa shape index (κ3) is 3.52. The number of carboxylic acid groups (broad SMARTS) is 1. The van der Waals surface area contributed by atoms with Gasteiger partial charge in [-0.3, -0.25) is 0 Å². The van der Waals surface area contributed by atoms with E-state index in [-0.39, 0.29) is 5.56 Å². The Bertz CT molecular complexity index is 646. The maximum Gasteiger partial charge on any atom is 0.336 e. The van der Waals surface area contributed by atoms with Gasteiger partial charge in [-0.15, -0.1) is 0 Å². The van der Waals surface area contributed by atoms with E-state index in [2.05, 4.69) is 15.9 Å². The first-order valence-electron chi connectivity index (χ1n) is 5.96. The monoisotopic (exact) mass is 353 g/mol. The molecule has 0 bridgehead atoms. The van der Waals surface area contributed by atoms with Crippen LogP contribution in [0.1, 0.15) is 15.9 Å². The summed E-state index contributed by atoms with van der Waals surface area (Å²) in [7, 11) is 1.95. The number of aromatic carboxylic acids is 1. The molecule has 0 fully saturated rings. The molecule has 0 radical (unpaired) electrons. The number of carboxylic acids is 1. The van der Waals surface area contributed by atoms with Crippen molar-refractivity contribution in [2.45, 2.75) is 6.54 Å². The second kappa shape index (κ2) is 6.29. The van der Waals surface area contributed by atoms with E-state index in [0.29, 0.717) is 16.0 Å². The van der Waals surface area contributed by atoms with Crippen molar-refractivity contribution in [3.05, 3.63) is 63.1 Å². The standard InChI is InChI=1S/C15H13BrClNO2/c1-18(9-10-3-2-4-11(17)7-10)12-5-6-13(15(19)20)14(16)8-12/h2-8H,9H2,1H3,(H,19,20). The maximum absolute atomic E-state index is 11.0. The molecule has 0 amide bonds. The van der Waals surface area contributed by atoms with Crippen molar-refractivity contribution in [1.82, 2.24) is 0 Å². The summed E-state index contributed by atoms with van der Waals surface area (Å²) in [5.41, 5.74) is 2.28. The van der Waals surface area contributed by atoms with Crippen molar-refractivity contribution in [2.24, 2.45) is 0 Å². The lowest BCUT2D eigenvalue weighted by molar-refractivity contribution is 0.0696. The number of carbonyl (C=O) groups is 1. The summed E-state index contributed by atoms with van der Waals surface area (Å²) >= 11 is 9.25. The molecule has 3 nitrogen and oxygen atoms in total. The molecule has 0 aliphatic heterocycles. The Morgan fingerprint density at radius 2 is 2.05 bits per heavy atom. The minimum Gasteiger partial charge on any atom is -0.478 e. The van der Waals surface area contributed by atoms with E-state index < -0.39 is 5.97 Å². The van der Waals surface area contributed by atoms with Gasteiger partial charge >= 0.3 is 5.97 Å². The van der Waals surface area contributed by atoms with Crippen LogP contribution in [0.5, 0.6) is 0 Å². The lowest BCUT2D eigenvalue weighted by Gasteiger charge is -2.20. The molecule has 20 heavy (non-hydrogen) atoms. The van der Waals surface area contributed by atoms with Crippen LogP contribution in [0.15, 0.2) is 46.9 Å². The first kappa shape index (κ1) is 14.9. The number of hydrogen-bond acceptors (Lipinski definition) is 2. The Morgan fingerprint density at radius 3 is 2.65 bits per heavy atom. The molecular weight excluding hydrogens is 342 g/mol. The summed E-state index contributed by atoms with van der Waals surface area (Å²) in [5.74, 6) is -0.944. The van der Waals surface area contributed by atoms with Gasteiger partial charge in [0.1, 0.15) is 0 Å². The zero-order valence-electron chi connectivity index (χ0n) is 10.8. The van der Waals surface area contributed by atoms with E-state index >= 15 is 0 Å². The molecule has 2 aromatic rings. The molecule has 0 atom stereocenters. The van der Waals surface area contributed by atoms with Gasteiger partial charge in [0.05, 0.1) is 5.56 Å². The Kier molecular flexibility index (Phi) is 4.68. The van der Waals surface area contributed by atoms with Crippen LogP contribution in [0, 0.1) is 0 Å². The maximum atomic E-state index is 11.0. The molecule has 2 aromatic carbocycles. The van der Waals surface area contributed by atoms with Crippen molar-refractivity contribution < 1.29 is 9.90 Å². The predicted octanol–water partition coefficient (Wildman–Crippen LogP) is 4.44. The van der Waals surface area contributed by atoms with Gasteiger partial charge in [0.25, 0.3) is 0 Å². The van der Waals surface area contributed by atoms with Gasteiger partial charge in [-0.05, 0) is 51.8 Å². The van der Waals surface area contributed by atoms with Gasteiger partial charge in [0.2, 0.25) is 0 Å². The Morgan fingerprint density at radius 1 is 1.30 bits per heavy atom. The van der Waals surface area contributed by atoms with E-state index in [9.17, 15) is 4.79 Å². The third-order valence-corrected chi connectivity index (χ3v) is 3.82. The molecule has 0 spiro atoms. The van der Waals surface area contributed by atoms with Gasteiger partial charge in [0, 0.05) is 28.8 Å². The van der Waals surface area contributed by atoms with Crippen LogP contribution in [-0.2, 0) is 6.54 Å². The molecule has 0 heterocycles. The van der Waals surface area contributed by atoms with Gasteiger partial charge in [-0.1, -0.05) is 23.7 Å². The van der Waals surface area contributed by atoms with Crippen molar-refractivity contribution in [3.8, 4) is 0 Å². The van der Waals surface area contributed by atoms with Crippen LogP contribution < -0.4 is 4.90 Å². The van der Waals surface area contributed by atoms with Gasteiger partial charge < -0.3 is 10.0 Å². The van der Waals surface area contributed by atoms with Crippen LogP contribution in [0.3, 0.4) is 0 Å². The van der Waals surface area contributed by atoms with E-state index in [4.69, 9.17) is 16.7 Å². The summed E-state index contributed by atoms with van der Waals surface area (Å²) in [4.78, 5) is 13.0. The number of halogens is 2. The SMILES string of the molecule is CN(Cc1cccc(Cl)c1)c1ccc(C(=O)O)c(Br)c1. The number of nitrogens with zero attached hydrogens (tertiary/aromatic N) is 1. The van der Waals surface area contributed by atoms with E-state index in [1.165, 1.54) is 0 Å². The second-order valence-corrected chi connectivity index (χ2v) is 5.75. The number of rotatable bonds is 4. The largest absolute Gasteiger partial charge is 0.478 e. The lowest BCUT2D eigenvalue weighted by atomic mass is 10.1. The average molecular weight is 355 g/mol. The van der Waals surface area contributed by atoms with Crippen LogP contribution in [0.4, 0.5) is 5.69 Å². The highest BCUT2D eigenvalue weighted by Gasteiger charge is 2.10. The minimum atomic E-state index is -0.944. The van der Waals surface area contributed by atoms with Gasteiger partial charge in [-0.2, -0.15) is 0 Å². The molecule has 104 valence electrons. The lowest BCUT2D eigenvalue weighted by Crippen LogP contribution is -2.16. The van der Waals surface area contributed by atoms with Crippen molar-refractivity contribution in [3.63, 3.8) is 0 Å². The summed E-state index contributed by atoms with van der Waals surface area (Å²) in [6.45, 7) is 0.694. The van der Waals surface area contributed by atoms with E-state index in [1.54, 1.807) is 18.2 Å². The number of anilines is 1. The van der Waals surface area contributed by atoms with Crippen LogP contribution in [-0.4, -0.2) is 18.1 Å². The number of hydrogen-bond donors (Lipinski definition) is 1. The summed E-state index contributed by atoms with van der Waals surface area (Å²) < 4.78 is 0.570. The average Bonchev–Trinajstić information content (AvgIpc) is 2.38. The van der Waals surface area contributed by atoms with Crippen LogP contribution in [0.25, 0.3) is 0 Å². The molecule has 2 rings (SSSR count). The van der Waals surface area contributed by atoms with Crippen molar-refractivity contribution >= 4 is 39.2 Å². The molecule has 0 aromatic heterocycles. The van der Waals surface area contributed by atoms with Crippen LogP contribution >= 0.6 is 27.5 Å². The Hall–Kier alpha value is -1.52. The van der Waals surface area contributed by atoms with E-state index in [1.807, 2.05) is 36.2 Å². The third-order valence-electron chi connectivity index (χ3n) is 2.93. The summed E-state index contributed by atoms with van der Waals surface area (Å²) in [6, 6.07) is 12.9. The fourth-order valence-electron chi connectivity index (χ4n) is 1.92. The minimum absolute atomic E-state index is 0.255. The van der Waals surface area contributed by atoms with Crippen molar-refractivity contribution in [2.75, 3.05) is 11.9 Å². The van der Waals surface area contributed by atoms with Crippen molar-refractivity contribution in [1.29, 1.82) is 0 Å². The smallest absolute Gasteiger partial charge is 0.336 e. The molecule has 0 saturated carbocycles. The van der Waals surface area contributed by atoms with Gasteiger partial charge in [-0.25, -0.2) is 4.79 Å². The fraction of sp³-hybridized carbons (Fsp3) is 0.133. The molecular formula is C15H13BrClNO2. The fourth-order valence-corrected chi connectivity index (χ4v) is 2.66. The zero-order chi connectivity index (χ0) is 14.7. The first-order valence-corrected chi connectivity index (χ1v) is 7.13. The molecule has 5 heteroatoms. The topological polar surface area (TPSA) is 40.5 Å². The summed E-state index contributed by atoms with van der Waals surface area (Å²) in [5, 5.41) is 9.71. The molecule has 0 unspecified atom stereocenters. The molecule has 1 N–H and O–H groups in total. The predicted molar refractivity (Wildman–Crippen MR) is 84.7 cm³/mol. The quantitative estimate of drug-likeness (QED) is 0.882. The van der Waals surface area contributed by atoms with Gasteiger partial charge in [0.15, 0.2) is 0 Å². The molecule has 0 saturated heterocycles. The molecule has 0 aliphatic rings. The van der Waals surface area contributed by atoms with E-state index in [0.717, 1.165) is 11.3 Å². The number of benzene rings is 2. The zero-order valence-corrected chi connectivity index (χ0v) is 13.1. The first-order chi connectivity index (χ1) is 9.47.